The molecule has 2 rings (SSSR count). The van der Waals surface area contributed by atoms with Crippen LogP contribution in [-0.2, 0) is 9.84 Å². The van der Waals surface area contributed by atoms with Crippen molar-refractivity contribution < 1.29 is 8.42 Å². The van der Waals surface area contributed by atoms with Crippen molar-refractivity contribution >= 4 is 39.8 Å². The summed E-state index contributed by atoms with van der Waals surface area (Å²) in [6.45, 7) is 10.5. The zero-order chi connectivity index (χ0) is 17.8. The van der Waals surface area contributed by atoms with E-state index in [-0.39, 0.29) is 29.9 Å². The Morgan fingerprint density at radius 1 is 1.20 bits per heavy atom. The molecule has 1 atom stereocenters. The first kappa shape index (κ1) is 23.0. The first-order valence-electron chi connectivity index (χ1n) is 9.40. The standard InChI is InChI=1S/C18H35N3O2S.HI/c1-14(2)11-19-17(20-12-15-7-10-24(22,23)13-15)21-16-5-8-18(3,4)9-6-16;/h14-16H,5-13H2,1-4H3,(H2,19,20,21);1H. The molecule has 5 nitrogen and oxygen atoms in total. The maximum Gasteiger partial charge on any atom is 0.191 e. The summed E-state index contributed by atoms with van der Waals surface area (Å²) in [6.07, 6.45) is 5.59. The van der Waals surface area contributed by atoms with Gasteiger partial charge in [0.1, 0.15) is 0 Å². The lowest BCUT2D eigenvalue weighted by Gasteiger charge is -2.35. The summed E-state index contributed by atoms with van der Waals surface area (Å²) in [5, 5.41) is 6.98. The molecule has 0 amide bonds. The number of hydrogen-bond donors (Lipinski definition) is 2. The third kappa shape index (κ3) is 8.45. The number of sulfone groups is 1. The first-order valence-corrected chi connectivity index (χ1v) is 11.2. The summed E-state index contributed by atoms with van der Waals surface area (Å²) in [5.41, 5.74) is 0.457. The van der Waals surface area contributed by atoms with E-state index in [4.69, 9.17) is 4.99 Å². The molecule has 1 aliphatic carbocycles. The molecule has 0 radical (unpaired) electrons. The smallest absolute Gasteiger partial charge is 0.191 e. The maximum atomic E-state index is 11.6. The molecular weight excluding hydrogens is 449 g/mol. The van der Waals surface area contributed by atoms with Gasteiger partial charge in [-0.2, -0.15) is 0 Å². The van der Waals surface area contributed by atoms with Crippen LogP contribution in [0.2, 0.25) is 0 Å². The molecule has 1 saturated carbocycles. The van der Waals surface area contributed by atoms with Crippen LogP contribution in [0.15, 0.2) is 4.99 Å². The molecule has 148 valence electrons. The van der Waals surface area contributed by atoms with Gasteiger partial charge >= 0.3 is 0 Å². The average Bonchev–Trinajstić information content (AvgIpc) is 2.83. The van der Waals surface area contributed by atoms with Crippen LogP contribution < -0.4 is 10.6 Å². The van der Waals surface area contributed by atoms with Crippen LogP contribution in [0.4, 0.5) is 0 Å². The number of nitrogens with zero attached hydrogens (tertiary/aromatic N) is 1. The lowest BCUT2D eigenvalue weighted by Crippen LogP contribution is -2.47. The predicted molar refractivity (Wildman–Crippen MR) is 116 cm³/mol. The second-order valence-corrected chi connectivity index (χ2v) is 11.0. The van der Waals surface area contributed by atoms with Gasteiger partial charge < -0.3 is 10.6 Å². The van der Waals surface area contributed by atoms with E-state index < -0.39 is 9.84 Å². The summed E-state index contributed by atoms with van der Waals surface area (Å²) in [7, 11) is -2.81. The van der Waals surface area contributed by atoms with Crippen molar-refractivity contribution in [1.29, 1.82) is 0 Å². The van der Waals surface area contributed by atoms with Crippen molar-refractivity contribution in [2.75, 3.05) is 24.6 Å². The number of aliphatic imine (C=N–C) groups is 1. The van der Waals surface area contributed by atoms with Gasteiger partial charge in [0.2, 0.25) is 0 Å². The SMILES string of the molecule is CC(C)CN=C(NCC1CCS(=O)(=O)C1)NC1CCC(C)(C)CC1.I. The summed E-state index contributed by atoms with van der Waals surface area (Å²) in [4.78, 5) is 4.70. The molecule has 0 aromatic carbocycles. The molecule has 1 aliphatic heterocycles. The third-order valence-corrected chi connectivity index (χ3v) is 7.02. The van der Waals surface area contributed by atoms with Crippen molar-refractivity contribution in [2.24, 2.45) is 22.2 Å². The molecule has 2 N–H and O–H groups in total. The summed E-state index contributed by atoms with van der Waals surface area (Å²) >= 11 is 0. The van der Waals surface area contributed by atoms with E-state index in [1.54, 1.807) is 0 Å². The Kier molecular flexibility index (Phi) is 8.98. The van der Waals surface area contributed by atoms with Crippen LogP contribution in [0.25, 0.3) is 0 Å². The van der Waals surface area contributed by atoms with Crippen LogP contribution in [0, 0.1) is 17.3 Å². The van der Waals surface area contributed by atoms with E-state index >= 15 is 0 Å². The number of hydrogen-bond acceptors (Lipinski definition) is 3. The molecule has 0 aromatic rings. The van der Waals surface area contributed by atoms with E-state index in [1.807, 2.05) is 0 Å². The minimum atomic E-state index is -2.81. The van der Waals surface area contributed by atoms with E-state index in [0.717, 1.165) is 18.9 Å². The molecule has 7 heteroatoms. The van der Waals surface area contributed by atoms with Crippen LogP contribution in [0.1, 0.15) is 59.8 Å². The maximum absolute atomic E-state index is 11.6. The Morgan fingerprint density at radius 3 is 2.36 bits per heavy atom. The Morgan fingerprint density at radius 2 is 1.84 bits per heavy atom. The average molecular weight is 485 g/mol. The van der Waals surface area contributed by atoms with Crippen molar-refractivity contribution in [2.45, 2.75) is 65.8 Å². The van der Waals surface area contributed by atoms with Crippen molar-refractivity contribution in [3.05, 3.63) is 0 Å². The van der Waals surface area contributed by atoms with E-state index in [2.05, 4.69) is 38.3 Å². The van der Waals surface area contributed by atoms with Crippen molar-refractivity contribution in [3.63, 3.8) is 0 Å². The fraction of sp³-hybridized carbons (Fsp3) is 0.944. The first-order chi connectivity index (χ1) is 11.2. The monoisotopic (exact) mass is 485 g/mol. The number of nitrogens with one attached hydrogen (secondary N) is 2. The van der Waals surface area contributed by atoms with E-state index in [9.17, 15) is 8.42 Å². The predicted octanol–water partition coefficient (Wildman–Crippen LogP) is 3.20. The Hall–Kier alpha value is -0.0500. The molecule has 0 bridgehead atoms. The lowest BCUT2D eigenvalue weighted by molar-refractivity contribution is 0.216. The molecule has 1 heterocycles. The molecule has 1 unspecified atom stereocenters. The number of guanidine groups is 1. The van der Waals surface area contributed by atoms with Gasteiger partial charge in [0, 0.05) is 19.1 Å². The van der Waals surface area contributed by atoms with Crippen LogP contribution >= 0.6 is 24.0 Å². The summed E-state index contributed by atoms with van der Waals surface area (Å²) in [6, 6.07) is 0.476. The highest BCUT2D eigenvalue weighted by molar-refractivity contribution is 14.0. The van der Waals surface area contributed by atoms with Crippen molar-refractivity contribution in [3.8, 4) is 0 Å². The van der Waals surface area contributed by atoms with Gasteiger partial charge in [0.15, 0.2) is 15.8 Å². The molecule has 2 aliphatic rings. The molecule has 1 saturated heterocycles. The zero-order valence-electron chi connectivity index (χ0n) is 16.2. The van der Waals surface area contributed by atoms with Gasteiger partial charge in [-0.05, 0) is 49.4 Å². The quantitative estimate of drug-likeness (QED) is 0.357. The number of rotatable bonds is 5. The second kappa shape index (κ2) is 9.76. The van der Waals surface area contributed by atoms with Crippen molar-refractivity contribution in [1.82, 2.24) is 10.6 Å². The normalized spacial score (nSPS) is 26.3. The largest absolute Gasteiger partial charge is 0.356 e. The topological polar surface area (TPSA) is 70.6 Å². The van der Waals surface area contributed by atoms with Crippen LogP contribution in [0.5, 0.6) is 0 Å². The van der Waals surface area contributed by atoms with Gasteiger partial charge in [0.05, 0.1) is 11.5 Å². The Labute approximate surface area is 171 Å². The summed E-state index contributed by atoms with van der Waals surface area (Å²) in [5.74, 6) is 2.24. The van der Waals surface area contributed by atoms with Gasteiger partial charge in [-0.3, -0.25) is 4.99 Å². The Bertz CT molecular complexity index is 537. The zero-order valence-corrected chi connectivity index (χ0v) is 19.3. The molecular formula is C18H36IN3O2S. The highest BCUT2D eigenvalue weighted by atomic mass is 127. The highest BCUT2D eigenvalue weighted by Gasteiger charge is 2.29. The lowest BCUT2D eigenvalue weighted by atomic mass is 9.75. The third-order valence-electron chi connectivity index (χ3n) is 5.18. The molecule has 0 aromatic heterocycles. The Balaban J connectivity index is 0.00000312. The molecule has 2 fully saturated rings. The second-order valence-electron chi connectivity index (χ2n) is 8.82. The van der Waals surface area contributed by atoms with Gasteiger partial charge in [-0.25, -0.2) is 8.42 Å². The number of halogens is 1. The van der Waals surface area contributed by atoms with Gasteiger partial charge in [0.25, 0.3) is 0 Å². The van der Waals surface area contributed by atoms with Gasteiger partial charge in [-0.15, -0.1) is 24.0 Å². The summed E-state index contributed by atoms with van der Waals surface area (Å²) < 4.78 is 23.2. The molecule has 0 spiro atoms. The molecule has 25 heavy (non-hydrogen) atoms. The van der Waals surface area contributed by atoms with E-state index in [1.165, 1.54) is 25.7 Å². The minimum absolute atomic E-state index is 0. The fourth-order valence-corrected chi connectivity index (χ4v) is 5.30. The van der Waals surface area contributed by atoms with Crippen LogP contribution in [0.3, 0.4) is 0 Å². The highest BCUT2D eigenvalue weighted by Crippen LogP contribution is 2.34. The van der Waals surface area contributed by atoms with E-state index in [0.29, 0.717) is 35.4 Å². The fourth-order valence-electron chi connectivity index (χ4n) is 3.44. The van der Waals surface area contributed by atoms with Gasteiger partial charge in [-0.1, -0.05) is 27.7 Å². The van der Waals surface area contributed by atoms with Crippen LogP contribution in [-0.4, -0.2) is 45.0 Å². The minimum Gasteiger partial charge on any atom is -0.356 e.